The number of hydrogen-bond acceptors (Lipinski definition) is 2. The van der Waals surface area contributed by atoms with Crippen molar-refractivity contribution in [2.24, 2.45) is 11.8 Å². The van der Waals surface area contributed by atoms with Crippen LogP contribution in [-0.2, 0) is 4.79 Å². The van der Waals surface area contributed by atoms with Crippen LogP contribution in [0.2, 0.25) is 0 Å². The summed E-state index contributed by atoms with van der Waals surface area (Å²) in [7, 11) is 2.22. The average Bonchev–Trinajstić information content (AvgIpc) is 2.21. The van der Waals surface area contributed by atoms with E-state index in [1.54, 1.807) is 0 Å². The number of carbonyl (C=O) groups excluding carboxylic acids is 1. The van der Waals surface area contributed by atoms with Crippen LogP contribution in [0.15, 0.2) is 0 Å². The van der Waals surface area contributed by atoms with Gasteiger partial charge < -0.3 is 4.90 Å². The Hall–Kier alpha value is -0.370. The summed E-state index contributed by atoms with van der Waals surface area (Å²) in [6.07, 6.45) is 6.52. The second-order valence-electron chi connectivity index (χ2n) is 5.78. The molecule has 0 aromatic heterocycles. The van der Waals surface area contributed by atoms with E-state index in [4.69, 9.17) is 0 Å². The standard InChI is InChI=1S/C14H27NO/c1-12(2)5-4-10-15(3)11-13-6-8-14(16)9-7-13/h12-13H,4-11H2,1-3H3. The minimum atomic E-state index is 0.471. The molecular formula is C14H27NO. The molecule has 0 atom stereocenters. The van der Waals surface area contributed by atoms with Crippen LogP contribution in [0, 0.1) is 11.8 Å². The lowest BCUT2D eigenvalue weighted by Gasteiger charge is -2.26. The van der Waals surface area contributed by atoms with Crippen LogP contribution >= 0.6 is 0 Å². The molecule has 0 N–H and O–H groups in total. The lowest BCUT2D eigenvalue weighted by atomic mass is 9.88. The first-order valence-corrected chi connectivity index (χ1v) is 6.78. The highest BCUT2D eigenvalue weighted by Gasteiger charge is 2.19. The zero-order valence-corrected chi connectivity index (χ0v) is 11.2. The second kappa shape index (κ2) is 7.05. The summed E-state index contributed by atoms with van der Waals surface area (Å²) < 4.78 is 0. The number of rotatable bonds is 6. The van der Waals surface area contributed by atoms with Gasteiger partial charge in [-0.05, 0) is 51.1 Å². The normalized spacial score (nSPS) is 18.7. The first kappa shape index (κ1) is 13.7. The monoisotopic (exact) mass is 225 g/mol. The van der Waals surface area contributed by atoms with Crippen LogP contribution in [0.4, 0.5) is 0 Å². The summed E-state index contributed by atoms with van der Waals surface area (Å²) >= 11 is 0. The van der Waals surface area contributed by atoms with E-state index < -0.39 is 0 Å². The lowest BCUT2D eigenvalue weighted by molar-refractivity contribution is -0.121. The highest BCUT2D eigenvalue weighted by atomic mass is 16.1. The molecule has 1 aliphatic carbocycles. The third-order valence-corrected chi connectivity index (χ3v) is 3.55. The van der Waals surface area contributed by atoms with Crippen molar-refractivity contribution in [3.8, 4) is 0 Å². The number of nitrogens with zero attached hydrogens (tertiary/aromatic N) is 1. The summed E-state index contributed by atoms with van der Waals surface area (Å²) in [4.78, 5) is 13.6. The van der Waals surface area contributed by atoms with Gasteiger partial charge in [0.15, 0.2) is 0 Å². The fourth-order valence-electron chi connectivity index (χ4n) is 2.48. The highest BCUT2D eigenvalue weighted by molar-refractivity contribution is 5.79. The van der Waals surface area contributed by atoms with Crippen LogP contribution in [-0.4, -0.2) is 30.8 Å². The number of Topliss-reactive ketones (excluding diaryl/α,β-unsaturated/α-hetero) is 1. The Kier molecular flexibility index (Phi) is 6.04. The van der Waals surface area contributed by atoms with Crippen LogP contribution in [0.25, 0.3) is 0 Å². The molecule has 0 saturated heterocycles. The summed E-state index contributed by atoms with van der Waals surface area (Å²) in [6, 6.07) is 0. The predicted octanol–water partition coefficient (Wildman–Crippen LogP) is 3.11. The molecule has 1 rings (SSSR count). The first-order valence-electron chi connectivity index (χ1n) is 6.78. The van der Waals surface area contributed by atoms with E-state index in [-0.39, 0.29) is 0 Å². The fourth-order valence-corrected chi connectivity index (χ4v) is 2.48. The smallest absolute Gasteiger partial charge is 0.132 e. The molecule has 1 saturated carbocycles. The predicted molar refractivity (Wildman–Crippen MR) is 68.5 cm³/mol. The van der Waals surface area contributed by atoms with Crippen molar-refractivity contribution >= 4 is 5.78 Å². The molecule has 1 fully saturated rings. The van der Waals surface area contributed by atoms with Gasteiger partial charge in [0.2, 0.25) is 0 Å². The molecule has 0 aliphatic heterocycles. The molecule has 0 amide bonds. The maximum absolute atomic E-state index is 11.1. The molecule has 94 valence electrons. The quantitative estimate of drug-likeness (QED) is 0.692. The molecule has 0 bridgehead atoms. The molecule has 0 radical (unpaired) electrons. The van der Waals surface area contributed by atoms with Crippen molar-refractivity contribution in [1.82, 2.24) is 4.90 Å². The molecule has 2 nitrogen and oxygen atoms in total. The molecule has 0 spiro atoms. The Labute approximate surface area is 100 Å². The van der Waals surface area contributed by atoms with Gasteiger partial charge in [-0.1, -0.05) is 13.8 Å². The molecule has 0 unspecified atom stereocenters. The van der Waals surface area contributed by atoms with Crippen LogP contribution in [0.3, 0.4) is 0 Å². The molecule has 16 heavy (non-hydrogen) atoms. The van der Waals surface area contributed by atoms with Gasteiger partial charge in [-0.3, -0.25) is 4.79 Å². The minimum absolute atomic E-state index is 0.471. The van der Waals surface area contributed by atoms with Gasteiger partial charge in [0.1, 0.15) is 5.78 Å². The Morgan fingerprint density at radius 2 is 1.94 bits per heavy atom. The first-order chi connectivity index (χ1) is 7.58. The average molecular weight is 225 g/mol. The third kappa shape index (κ3) is 5.64. The molecular weight excluding hydrogens is 198 g/mol. The highest BCUT2D eigenvalue weighted by Crippen LogP contribution is 2.22. The summed E-state index contributed by atoms with van der Waals surface area (Å²) in [5.41, 5.74) is 0. The van der Waals surface area contributed by atoms with Gasteiger partial charge in [-0.2, -0.15) is 0 Å². The molecule has 0 aromatic carbocycles. The van der Waals surface area contributed by atoms with Crippen molar-refractivity contribution in [1.29, 1.82) is 0 Å². The maximum Gasteiger partial charge on any atom is 0.132 e. The summed E-state index contributed by atoms with van der Waals surface area (Å²) in [6.45, 7) is 6.97. The Morgan fingerprint density at radius 3 is 2.50 bits per heavy atom. The zero-order valence-electron chi connectivity index (χ0n) is 11.2. The summed E-state index contributed by atoms with van der Waals surface area (Å²) in [5, 5.41) is 0. The number of hydrogen-bond donors (Lipinski definition) is 0. The van der Waals surface area contributed by atoms with Crippen molar-refractivity contribution in [3.63, 3.8) is 0 Å². The topological polar surface area (TPSA) is 20.3 Å². The van der Waals surface area contributed by atoms with Gasteiger partial charge in [-0.25, -0.2) is 0 Å². The molecule has 1 aliphatic rings. The Bertz CT molecular complexity index is 203. The lowest BCUT2D eigenvalue weighted by Crippen LogP contribution is -2.29. The van der Waals surface area contributed by atoms with E-state index >= 15 is 0 Å². The maximum atomic E-state index is 11.1. The Morgan fingerprint density at radius 1 is 1.31 bits per heavy atom. The summed E-state index contributed by atoms with van der Waals surface area (Å²) in [5.74, 6) is 2.06. The van der Waals surface area contributed by atoms with Crippen molar-refractivity contribution in [2.75, 3.05) is 20.1 Å². The van der Waals surface area contributed by atoms with Gasteiger partial charge in [0, 0.05) is 19.4 Å². The Balaban J connectivity index is 2.09. The largest absolute Gasteiger partial charge is 0.306 e. The van der Waals surface area contributed by atoms with Crippen LogP contribution < -0.4 is 0 Å². The van der Waals surface area contributed by atoms with Gasteiger partial charge in [0.05, 0.1) is 0 Å². The SMILES string of the molecule is CC(C)CCCN(C)CC1CCC(=O)CC1. The third-order valence-electron chi connectivity index (χ3n) is 3.55. The number of carbonyl (C=O) groups is 1. The van der Waals surface area contributed by atoms with E-state index in [1.807, 2.05) is 0 Å². The van der Waals surface area contributed by atoms with E-state index in [0.29, 0.717) is 5.78 Å². The fraction of sp³-hybridized carbons (Fsp3) is 0.929. The number of ketones is 1. The molecule has 0 aromatic rings. The van der Waals surface area contributed by atoms with E-state index in [0.717, 1.165) is 37.5 Å². The van der Waals surface area contributed by atoms with Crippen LogP contribution in [0.5, 0.6) is 0 Å². The minimum Gasteiger partial charge on any atom is -0.306 e. The van der Waals surface area contributed by atoms with Gasteiger partial charge in [0.25, 0.3) is 0 Å². The van der Waals surface area contributed by atoms with Crippen molar-refractivity contribution in [3.05, 3.63) is 0 Å². The van der Waals surface area contributed by atoms with Crippen molar-refractivity contribution < 1.29 is 4.79 Å². The van der Waals surface area contributed by atoms with Crippen molar-refractivity contribution in [2.45, 2.75) is 52.4 Å². The zero-order chi connectivity index (χ0) is 12.0. The van der Waals surface area contributed by atoms with Gasteiger partial charge >= 0.3 is 0 Å². The van der Waals surface area contributed by atoms with E-state index in [9.17, 15) is 4.79 Å². The second-order valence-corrected chi connectivity index (χ2v) is 5.78. The van der Waals surface area contributed by atoms with E-state index in [2.05, 4.69) is 25.8 Å². The molecule has 2 heteroatoms. The van der Waals surface area contributed by atoms with Crippen LogP contribution in [0.1, 0.15) is 52.4 Å². The van der Waals surface area contributed by atoms with E-state index in [1.165, 1.54) is 25.9 Å². The molecule has 0 heterocycles. The van der Waals surface area contributed by atoms with Gasteiger partial charge in [-0.15, -0.1) is 0 Å².